The van der Waals surface area contributed by atoms with Crippen LogP contribution in [0.4, 0.5) is 4.79 Å². The van der Waals surface area contributed by atoms with Crippen LogP contribution in [-0.4, -0.2) is 41.7 Å². The number of amides is 1. The lowest BCUT2D eigenvalue weighted by Crippen LogP contribution is -2.41. The summed E-state index contributed by atoms with van der Waals surface area (Å²) >= 11 is 0. The summed E-state index contributed by atoms with van der Waals surface area (Å²) in [5, 5.41) is 19.3. The standard InChI is InChI=1S/C5H9NO4/c7-4-2-10-1-3(4)6-5(8)9/h3-4,6-7H,1-2H2,(H,8,9)/t3-,4+/m1/s1. The molecule has 0 saturated carbocycles. The van der Waals surface area contributed by atoms with Crippen LogP contribution in [0.15, 0.2) is 0 Å². The Bertz CT molecular complexity index is 138. The van der Waals surface area contributed by atoms with Gasteiger partial charge in [0.2, 0.25) is 0 Å². The molecular formula is C5H9NO4. The molecule has 1 aliphatic heterocycles. The highest BCUT2D eigenvalue weighted by Crippen LogP contribution is 2.03. The summed E-state index contributed by atoms with van der Waals surface area (Å²) in [6.45, 7) is 0.471. The summed E-state index contributed by atoms with van der Waals surface area (Å²) < 4.78 is 4.79. The van der Waals surface area contributed by atoms with Gasteiger partial charge in [-0.3, -0.25) is 0 Å². The first-order valence-corrected chi connectivity index (χ1v) is 2.95. The van der Waals surface area contributed by atoms with Crippen molar-refractivity contribution in [2.24, 2.45) is 0 Å². The van der Waals surface area contributed by atoms with Crippen molar-refractivity contribution in [3.05, 3.63) is 0 Å². The molecule has 1 saturated heterocycles. The highest BCUT2D eigenvalue weighted by Gasteiger charge is 2.27. The fourth-order valence-electron chi connectivity index (χ4n) is 0.839. The van der Waals surface area contributed by atoms with E-state index in [1.807, 2.05) is 0 Å². The fourth-order valence-corrected chi connectivity index (χ4v) is 0.839. The molecule has 1 fully saturated rings. The maximum Gasteiger partial charge on any atom is 0.405 e. The van der Waals surface area contributed by atoms with Crippen LogP contribution >= 0.6 is 0 Å². The van der Waals surface area contributed by atoms with Gasteiger partial charge in [-0.05, 0) is 0 Å². The summed E-state index contributed by atoms with van der Waals surface area (Å²) in [5.41, 5.74) is 0. The van der Waals surface area contributed by atoms with Crippen LogP contribution in [0.1, 0.15) is 0 Å². The number of hydrogen-bond acceptors (Lipinski definition) is 3. The number of aliphatic hydroxyl groups is 1. The maximum absolute atomic E-state index is 10.0. The third-order valence-corrected chi connectivity index (χ3v) is 1.36. The van der Waals surface area contributed by atoms with Crippen LogP contribution in [-0.2, 0) is 4.74 Å². The van der Waals surface area contributed by atoms with E-state index >= 15 is 0 Å². The number of aliphatic hydroxyl groups excluding tert-OH is 1. The number of ether oxygens (including phenoxy) is 1. The molecule has 0 radical (unpaired) electrons. The van der Waals surface area contributed by atoms with Gasteiger partial charge in [-0.15, -0.1) is 0 Å². The van der Waals surface area contributed by atoms with Crippen LogP contribution < -0.4 is 5.32 Å². The molecule has 2 atom stereocenters. The van der Waals surface area contributed by atoms with Crippen molar-refractivity contribution in [2.45, 2.75) is 12.1 Å². The summed E-state index contributed by atoms with van der Waals surface area (Å²) in [6, 6.07) is -0.461. The Morgan fingerprint density at radius 2 is 2.30 bits per heavy atom. The third-order valence-electron chi connectivity index (χ3n) is 1.36. The molecular weight excluding hydrogens is 138 g/mol. The van der Waals surface area contributed by atoms with E-state index in [9.17, 15) is 4.79 Å². The Balaban J connectivity index is 2.33. The molecule has 0 aromatic rings. The summed E-state index contributed by atoms with van der Waals surface area (Å²) in [4.78, 5) is 10.0. The lowest BCUT2D eigenvalue weighted by molar-refractivity contribution is 0.121. The molecule has 1 aliphatic rings. The topological polar surface area (TPSA) is 78.8 Å². The van der Waals surface area contributed by atoms with Gasteiger partial charge >= 0.3 is 6.09 Å². The minimum Gasteiger partial charge on any atom is -0.465 e. The quantitative estimate of drug-likeness (QED) is 0.445. The van der Waals surface area contributed by atoms with E-state index in [2.05, 4.69) is 5.32 Å². The van der Waals surface area contributed by atoms with E-state index in [4.69, 9.17) is 14.9 Å². The van der Waals surface area contributed by atoms with E-state index in [1.54, 1.807) is 0 Å². The highest BCUT2D eigenvalue weighted by atomic mass is 16.5. The Morgan fingerprint density at radius 1 is 1.60 bits per heavy atom. The second kappa shape index (κ2) is 2.85. The van der Waals surface area contributed by atoms with Crippen LogP contribution in [0, 0.1) is 0 Å². The highest BCUT2D eigenvalue weighted by molar-refractivity contribution is 5.65. The SMILES string of the molecule is O=C(O)N[C@@H]1COC[C@@H]1O. The summed E-state index contributed by atoms with van der Waals surface area (Å²) in [7, 11) is 0. The molecule has 0 aromatic heterocycles. The lowest BCUT2D eigenvalue weighted by Gasteiger charge is -2.10. The first-order valence-electron chi connectivity index (χ1n) is 2.95. The minimum atomic E-state index is -1.13. The van der Waals surface area contributed by atoms with Gasteiger partial charge in [-0.1, -0.05) is 0 Å². The van der Waals surface area contributed by atoms with Gasteiger partial charge in [-0.2, -0.15) is 0 Å². The Hall–Kier alpha value is -0.810. The minimum absolute atomic E-state index is 0.213. The normalized spacial score (nSPS) is 32.1. The van der Waals surface area contributed by atoms with Crippen molar-refractivity contribution < 1.29 is 19.7 Å². The monoisotopic (exact) mass is 147 g/mol. The first kappa shape index (κ1) is 7.30. The van der Waals surface area contributed by atoms with E-state index in [0.29, 0.717) is 0 Å². The molecule has 0 bridgehead atoms. The molecule has 0 aliphatic carbocycles. The molecule has 10 heavy (non-hydrogen) atoms. The number of nitrogens with one attached hydrogen (secondary N) is 1. The van der Waals surface area contributed by atoms with Crippen molar-refractivity contribution in [1.82, 2.24) is 5.32 Å². The second-order valence-corrected chi connectivity index (χ2v) is 2.16. The van der Waals surface area contributed by atoms with Crippen LogP contribution in [0.2, 0.25) is 0 Å². The predicted octanol–water partition coefficient (Wildman–Crippen LogP) is -0.986. The zero-order valence-corrected chi connectivity index (χ0v) is 5.28. The molecule has 5 nitrogen and oxygen atoms in total. The average Bonchev–Trinajstić information content (AvgIpc) is 2.15. The molecule has 1 heterocycles. The van der Waals surface area contributed by atoms with E-state index in [0.717, 1.165) is 0 Å². The summed E-state index contributed by atoms with van der Waals surface area (Å²) in [6.07, 6.45) is -1.83. The molecule has 5 heteroatoms. The van der Waals surface area contributed by atoms with E-state index in [1.165, 1.54) is 0 Å². The van der Waals surface area contributed by atoms with Gasteiger partial charge in [0.05, 0.1) is 25.4 Å². The number of carboxylic acid groups (broad SMARTS) is 1. The van der Waals surface area contributed by atoms with Crippen LogP contribution in [0.25, 0.3) is 0 Å². The largest absolute Gasteiger partial charge is 0.465 e. The predicted molar refractivity (Wildman–Crippen MR) is 31.8 cm³/mol. The molecule has 3 N–H and O–H groups in total. The zero-order chi connectivity index (χ0) is 7.56. The smallest absolute Gasteiger partial charge is 0.405 e. The fraction of sp³-hybridized carbons (Fsp3) is 0.800. The van der Waals surface area contributed by atoms with Crippen LogP contribution in [0.3, 0.4) is 0 Å². The second-order valence-electron chi connectivity index (χ2n) is 2.16. The van der Waals surface area contributed by atoms with E-state index < -0.39 is 18.2 Å². The molecule has 58 valence electrons. The zero-order valence-electron chi connectivity index (χ0n) is 5.28. The molecule has 0 aromatic carbocycles. The number of carbonyl (C=O) groups is 1. The van der Waals surface area contributed by atoms with Gasteiger partial charge in [0, 0.05) is 0 Å². The van der Waals surface area contributed by atoms with Crippen molar-refractivity contribution in [1.29, 1.82) is 0 Å². The van der Waals surface area contributed by atoms with Crippen molar-refractivity contribution in [3.63, 3.8) is 0 Å². The molecule has 0 spiro atoms. The van der Waals surface area contributed by atoms with Gasteiger partial charge < -0.3 is 20.3 Å². The number of hydrogen-bond donors (Lipinski definition) is 3. The van der Waals surface area contributed by atoms with E-state index in [-0.39, 0.29) is 13.2 Å². The van der Waals surface area contributed by atoms with Crippen molar-refractivity contribution in [3.8, 4) is 0 Å². The average molecular weight is 147 g/mol. The first-order chi connectivity index (χ1) is 4.70. The number of rotatable bonds is 1. The third kappa shape index (κ3) is 1.58. The van der Waals surface area contributed by atoms with Gasteiger partial charge in [0.25, 0.3) is 0 Å². The van der Waals surface area contributed by atoms with Gasteiger partial charge in [0.15, 0.2) is 0 Å². The summed E-state index contributed by atoms with van der Waals surface area (Å²) in [5.74, 6) is 0. The van der Waals surface area contributed by atoms with Crippen LogP contribution in [0.5, 0.6) is 0 Å². The molecule has 1 rings (SSSR count). The van der Waals surface area contributed by atoms with Gasteiger partial charge in [0.1, 0.15) is 0 Å². The van der Waals surface area contributed by atoms with Crippen molar-refractivity contribution in [2.75, 3.05) is 13.2 Å². The maximum atomic E-state index is 10.0. The molecule has 1 amide bonds. The Labute approximate surface area is 57.6 Å². The van der Waals surface area contributed by atoms with Gasteiger partial charge in [-0.25, -0.2) is 4.79 Å². The molecule has 0 unspecified atom stereocenters. The van der Waals surface area contributed by atoms with Crippen molar-refractivity contribution >= 4 is 6.09 Å². The Morgan fingerprint density at radius 3 is 2.70 bits per heavy atom. The lowest BCUT2D eigenvalue weighted by atomic mass is 10.2. The Kier molecular flexibility index (Phi) is 2.08.